The molecule has 3 N–H and O–H groups in total. The lowest BCUT2D eigenvalue weighted by Gasteiger charge is -2.23. The number of hydrogen-bond donors (Lipinski definition) is 3. The van der Waals surface area contributed by atoms with Gasteiger partial charge in [-0.1, -0.05) is 23.2 Å². The molecule has 1 aromatic rings. The summed E-state index contributed by atoms with van der Waals surface area (Å²) in [7, 11) is 0. The summed E-state index contributed by atoms with van der Waals surface area (Å²) in [5.41, 5.74) is -0.376. The molecule has 4 nitrogen and oxygen atoms in total. The molecule has 1 rings (SSSR count). The SMILES string of the molecule is CSCC[C@](C)(O)CNC(=O)Nc1ccc(Cl)c(Cl)c1. The normalized spacial score (nSPS) is 13.7. The van der Waals surface area contributed by atoms with Gasteiger partial charge in [-0.25, -0.2) is 4.79 Å². The second-order valence-corrected chi connectivity index (χ2v) is 6.48. The second-order valence-electron chi connectivity index (χ2n) is 4.68. The molecule has 0 unspecified atom stereocenters. The molecule has 0 saturated heterocycles. The maximum atomic E-state index is 11.7. The van der Waals surface area contributed by atoms with Crippen LogP contribution in [0.4, 0.5) is 10.5 Å². The topological polar surface area (TPSA) is 61.4 Å². The van der Waals surface area contributed by atoms with Crippen LogP contribution in [0.3, 0.4) is 0 Å². The highest BCUT2D eigenvalue weighted by molar-refractivity contribution is 7.98. The molecule has 0 bridgehead atoms. The maximum absolute atomic E-state index is 11.7. The van der Waals surface area contributed by atoms with Crippen molar-refractivity contribution in [3.8, 4) is 0 Å². The summed E-state index contributed by atoms with van der Waals surface area (Å²) < 4.78 is 0. The third-order valence-electron chi connectivity index (χ3n) is 2.65. The minimum atomic E-state index is -0.919. The summed E-state index contributed by atoms with van der Waals surface area (Å²) in [6, 6.07) is 4.43. The molecule has 0 radical (unpaired) electrons. The van der Waals surface area contributed by atoms with Crippen molar-refractivity contribution in [1.82, 2.24) is 5.32 Å². The molecule has 0 spiro atoms. The summed E-state index contributed by atoms with van der Waals surface area (Å²) in [4.78, 5) is 11.7. The molecule has 1 atom stereocenters. The van der Waals surface area contributed by atoms with E-state index in [4.69, 9.17) is 23.2 Å². The van der Waals surface area contributed by atoms with E-state index in [-0.39, 0.29) is 6.54 Å². The number of halogens is 2. The highest BCUT2D eigenvalue weighted by atomic mass is 35.5. The predicted octanol–water partition coefficient (Wildman–Crippen LogP) is 3.62. The minimum absolute atomic E-state index is 0.181. The van der Waals surface area contributed by atoms with Gasteiger partial charge in [0.1, 0.15) is 0 Å². The molecule has 112 valence electrons. The maximum Gasteiger partial charge on any atom is 0.319 e. The average Bonchev–Trinajstić information content (AvgIpc) is 2.39. The van der Waals surface area contributed by atoms with E-state index >= 15 is 0 Å². The number of anilines is 1. The third kappa shape index (κ3) is 6.22. The number of carbonyl (C=O) groups is 1. The van der Waals surface area contributed by atoms with Gasteiger partial charge in [0, 0.05) is 12.2 Å². The Kier molecular flexibility index (Phi) is 6.95. The van der Waals surface area contributed by atoms with Gasteiger partial charge < -0.3 is 15.7 Å². The van der Waals surface area contributed by atoms with Crippen LogP contribution in [0.25, 0.3) is 0 Å². The highest BCUT2D eigenvalue weighted by Crippen LogP contribution is 2.24. The predicted molar refractivity (Wildman–Crippen MR) is 87.1 cm³/mol. The number of carbonyl (C=O) groups excluding carboxylic acids is 1. The first kappa shape index (κ1) is 17.4. The highest BCUT2D eigenvalue weighted by Gasteiger charge is 2.20. The van der Waals surface area contributed by atoms with E-state index in [1.54, 1.807) is 36.9 Å². The Bertz CT molecular complexity index is 470. The quantitative estimate of drug-likeness (QED) is 0.743. The van der Waals surface area contributed by atoms with Gasteiger partial charge in [0.15, 0.2) is 0 Å². The second kappa shape index (κ2) is 7.98. The van der Waals surface area contributed by atoms with Crippen LogP contribution in [0, 0.1) is 0 Å². The van der Waals surface area contributed by atoms with Crippen molar-refractivity contribution in [2.45, 2.75) is 18.9 Å². The van der Waals surface area contributed by atoms with E-state index in [9.17, 15) is 9.90 Å². The molecular weight excluding hydrogens is 319 g/mol. The van der Waals surface area contributed by atoms with Crippen molar-refractivity contribution < 1.29 is 9.90 Å². The fraction of sp³-hybridized carbons (Fsp3) is 0.462. The van der Waals surface area contributed by atoms with Crippen LogP contribution in [-0.2, 0) is 0 Å². The van der Waals surface area contributed by atoms with Crippen LogP contribution in [0.1, 0.15) is 13.3 Å². The van der Waals surface area contributed by atoms with Gasteiger partial charge in [-0.2, -0.15) is 11.8 Å². The number of amides is 2. The van der Waals surface area contributed by atoms with Crippen LogP contribution in [0.5, 0.6) is 0 Å². The molecule has 0 heterocycles. The lowest BCUT2D eigenvalue weighted by molar-refractivity contribution is 0.0599. The Hall–Kier alpha value is -0.620. The molecule has 0 aliphatic carbocycles. The molecule has 0 saturated carbocycles. The Morgan fingerprint density at radius 2 is 2.10 bits per heavy atom. The summed E-state index contributed by atoms with van der Waals surface area (Å²) >= 11 is 13.3. The molecule has 2 amide bonds. The minimum Gasteiger partial charge on any atom is -0.388 e. The van der Waals surface area contributed by atoms with Crippen molar-refractivity contribution in [1.29, 1.82) is 0 Å². The first-order valence-corrected chi connectivity index (χ1v) is 8.20. The molecule has 7 heteroatoms. The average molecular weight is 337 g/mol. The molecule has 0 aromatic heterocycles. The van der Waals surface area contributed by atoms with Crippen molar-refractivity contribution in [2.75, 3.05) is 23.9 Å². The third-order valence-corrected chi connectivity index (χ3v) is 4.00. The lowest BCUT2D eigenvalue weighted by atomic mass is 10.0. The number of hydrogen-bond acceptors (Lipinski definition) is 3. The van der Waals surface area contributed by atoms with Gasteiger partial charge in [-0.3, -0.25) is 0 Å². The summed E-state index contributed by atoms with van der Waals surface area (Å²) in [5.74, 6) is 0.836. The largest absolute Gasteiger partial charge is 0.388 e. The van der Waals surface area contributed by atoms with Gasteiger partial charge in [0.05, 0.1) is 15.6 Å². The van der Waals surface area contributed by atoms with E-state index in [0.717, 1.165) is 5.75 Å². The molecule has 1 aromatic carbocycles. The monoisotopic (exact) mass is 336 g/mol. The van der Waals surface area contributed by atoms with Crippen LogP contribution in [0.15, 0.2) is 18.2 Å². The zero-order valence-electron chi connectivity index (χ0n) is 11.4. The van der Waals surface area contributed by atoms with E-state index in [0.29, 0.717) is 22.2 Å². The summed E-state index contributed by atoms with van der Waals surface area (Å²) in [6.07, 6.45) is 2.59. The fourth-order valence-corrected chi connectivity index (χ4v) is 2.37. The van der Waals surface area contributed by atoms with Crippen molar-refractivity contribution in [3.05, 3.63) is 28.2 Å². The zero-order valence-corrected chi connectivity index (χ0v) is 13.7. The van der Waals surface area contributed by atoms with Gasteiger partial charge in [-0.05, 0) is 43.6 Å². The van der Waals surface area contributed by atoms with Crippen LogP contribution in [-0.4, -0.2) is 35.3 Å². The van der Waals surface area contributed by atoms with Gasteiger partial charge in [-0.15, -0.1) is 0 Å². The Labute approximate surface area is 133 Å². The van der Waals surface area contributed by atoms with Crippen LogP contribution in [0.2, 0.25) is 10.0 Å². The fourth-order valence-electron chi connectivity index (χ4n) is 1.43. The van der Waals surface area contributed by atoms with Crippen LogP contribution < -0.4 is 10.6 Å². The number of nitrogens with one attached hydrogen (secondary N) is 2. The Morgan fingerprint density at radius 3 is 2.70 bits per heavy atom. The van der Waals surface area contributed by atoms with E-state index in [2.05, 4.69) is 10.6 Å². The number of urea groups is 1. The van der Waals surface area contributed by atoms with Crippen molar-refractivity contribution >= 4 is 46.7 Å². The van der Waals surface area contributed by atoms with Gasteiger partial charge in [0.2, 0.25) is 0 Å². The van der Waals surface area contributed by atoms with Gasteiger partial charge >= 0.3 is 6.03 Å². The first-order chi connectivity index (χ1) is 9.34. The standard InChI is InChI=1S/C13H18Cl2N2O2S/c1-13(19,5-6-20-2)8-16-12(18)17-9-3-4-10(14)11(15)7-9/h3-4,7,19H,5-6,8H2,1-2H3,(H2,16,17,18)/t13-/m0/s1. The zero-order chi connectivity index (χ0) is 15.2. The first-order valence-electron chi connectivity index (χ1n) is 6.05. The Morgan fingerprint density at radius 1 is 1.40 bits per heavy atom. The lowest BCUT2D eigenvalue weighted by Crippen LogP contribution is -2.42. The van der Waals surface area contributed by atoms with Crippen molar-refractivity contribution in [2.24, 2.45) is 0 Å². The number of aliphatic hydroxyl groups is 1. The number of rotatable bonds is 6. The number of thioether (sulfide) groups is 1. The summed E-state index contributed by atoms with van der Waals surface area (Å²) in [6.45, 7) is 1.88. The molecule has 20 heavy (non-hydrogen) atoms. The number of benzene rings is 1. The smallest absolute Gasteiger partial charge is 0.319 e. The molecular formula is C13H18Cl2N2O2S. The Balaban J connectivity index is 2.45. The van der Waals surface area contributed by atoms with Gasteiger partial charge in [0.25, 0.3) is 0 Å². The van der Waals surface area contributed by atoms with Crippen LogP contribution >= 0.6 is 35.0 Å². The van der Waals surface area contributed by atoms with E-state index in [1.807, 2.05) is 6.26 Å². The molecule has 0 fully saturated rings. The van der Waals surface area contributed by atoms with Crippen molar-refractivity contribution in [3.63, 3.8) is 0 Å². The summed E-state index contributed by atoms with van der Waals surface area (Å²) in [5, 5.41) is 16.1. The van der Waals surface area contributed by atoms with E-state index < -0.39 is 11.6 Å². The molecule has 0 aliphatic heterocycles. The molecule has 0 aliphatic rings. The van der Waals surface area contributed by atoms with E-state index in [1.165, 1.54) is 0 Å².